The monoisotopic (exact) mass is 228 g/mol. The Morgan fingerprint density at radius 2 is 2.12 bits per heavy atom. The third kappa shape index (κ3) is 3.00. The van der Waals surface area contributed by atoms with E-state index in [1.54, 1.807) is 0 Å². The van der Waals surface area contributed by atoms with Crippen LogP contribution in [-0.4, -0.2) is 6.54 Å². The molecule has 0 atom stereocenters. The van der Waals surface area contributed by atoms with E-state index >= 15 is 0 Å². The summed E-state index contributed by atoms with van der Waals surface area (Å²) in [6.07, 6.45) is 6.82. The Morgan fingerprint density at radius 3 is 2.82 bits per heavy atom. The van der Waals surface area contributed by atoms with Gasteiger partial charge in [0.05, 0.1) is 11.3 Å². The van der Waals surface area contributed by atoms with Crippen LogP contribution in [0.5, 0.6) is 0 Å². The van der Waals surface area contributed by atoms with E-state index in [0.717, 1.165) is 29.3 Å². The van der Waals surface area contributed by atoms with Gasteiger partial charge in [-0.2, -0.15) is 5.26 Å². The van der Waals surface area contributed by atoms with Crippen LogP contribution < -0.4 is 5.32 Å². The molecule has 0 amide bonds. The van der Waals surface area contributed by atoms with Crippen molar-refractivity contribution in [2.24, 2.45) is 5.92 Å². The van der Waals surface area contributed by atoms with Gasteiger partial charge in [0.1, 0.15) is 6.07 Å². The minimum atomic E-state index is 0.791. The lowest BCUT2D eigenvalue weighted by molar-refractivity contribution is 0.518. The van der Waals surface area contributed by atoms with Gasteiger partial charge in [-0.25, -0.2) is 0 Å². The van der Waals surface area contributed by atoms with Gasteiger partial charge in [0.25, 0.3) is 0 Å². The molecule has 1 fully saturated rings. The second kappa shape index (κ2) is 5.72. The lowest BCUT2D eigenvalue weighted by Gasteiger charge is -2.12. The van der Waals surface area contributed by atoms with Gasteiger partial charge in [-0.05, 0) is 30.9 Å². The Bertz CT molecular complexity index is 411. The van der Waals surface area contributed by atoms with Gasteiger partial charge in [-0.3, -0.25) is 0 Å². The summed E-state index contributed by atoms with van der Waals surface area (Å²) in [6.45, 7) is 2.98. The minimum absolute atomic E-state index is 0.791. The van der Waals surface area contributed by atoms with E-state index in [4.69, 9.17) is 5.26 Å². The highest BCUT2D eigenvalue weighted by atomic mass is 14.9. The SMILES string of the molecule is Cc1cccc(NCCC2CCCC2)c1C#N. The van der Waals surface area contributed by atoms with Gasteiger partial charge < -0.3 is 5.32 Å². The van der Waals surface area contributed by atoms with Gasteiger partial charge >= 0.3 is 0 Å². The van der Waals surface area contributed by atoms with E-state index in [1.807, 2.05) is 25.1 Å². The first kappa shape index (κ1) is 12.0. The Morgan fingerprint density at radius 1 is 1.35 bits per heavy atom. The number of benzene rings is 1. The fourth-order valence-corrected chi connectivity index (χ4v) is 2.67. The quantitative estimate of drug-likeness (QED) is 0.849. The number of rotatable bonds is 4. The molecule has 0 spiro atoms. The zero-order chi connectivity index (χ0) is 12.1. The first-order valence-electron chi connectivity index (χ1n) is 6.55. The van der Waals surface area contributed by atoms with Crippen LogP contribution in [0.4, 0.5) is 5.69 Å². The van der Waals surface area contributed by atoms with Crippen molar-refractivity contribution in [1.29, 1.82) is 5.26 Å². The second-order valence-electron chi connectivity index (χ2n) is 4.98. The molecule has 1 aromatic rings. The highest BCUT2D eigenvalue weighted by molar-refractivity contribution is 5.60. The van der Waals surface area contributed by atoms with Crippen molar-refractivity contribution in [3.63, 3.8) is 0 Å². The van der Waals surface area contributed by atoms with Crippen molar-refractivity contribution in [1.82, 2.24) is 0 Å². The maximum atomic E-state index is 9.12. The summed E-state index contributed by atoms with van der Waals surface area (Å²) in [6, 6.07) is 8.27. The van der Waals surface area contributed by atoms with Crippen molar-refractivity contribution in [2.75, 3.05) is 11.9 Å². The number of anilines is 1. The summed E-state index contributed by atoms with van der Waals surface area (Å²) < 4.78 is 0. The Hall–Kier alpha value is -1.49. The topological polar surface area (TPSA) is 35.8 Å². The third-order valence-corrected chi connectivity index (χ3v) is 3.73. The van der Waals surface area contributed by atoms with Crippen LogP contribution in [-0.2, 0) is 0 Å². The van der Waals surface area contributed by atoms with Crippen LogP contribution >= 0.6 is 0 Å². The van der Waals surface area contributed by atoms with Crippen LogP contribution in [0.2, 0.25) is 0 Å². The summed E-state index contributed by atoms with van der Waals surface area (Å²) >= 11 is 0. The standard InChI is InChI=1S/C15H20N2/c1-12-5-4-8-15(14(12)11-16)17-10-9-13-6-2-3-7-13/h4-5,8,13,17H,2-3,6-7,9-10H2,1H3. The van der Waals surface area contributed by atoms with Crippen LogP contribution in [0, 0.1) is 24.2 Å². The predicted molar refractivity (Wildman–Crippen MR) is 71.0 cm³/mol. The van der Waals surface area contributed by atoms with Gasteiger partial charge in [0.15, 0.2) is 0 Å². The minimum Gasteiger partial charge on any atom is -0.384 e. The van der Waals surface area contributed by atoms with Crippen molar-refractivity contribution < 1.29 is 0 Å². The summed E-state index contributed by atoms with van der Waals surface area (Å²) in [5, 5.41) is 12.5. The molecule has 0 unspecified atom stereocenters. The Kier molecular flexibility index (Phi) is 4.03. The van der Waals surface area contributed by atoms with E-state index in [2.05, 4.69) is 11.4 Å². The van der Waals surface area contributed by atoms with E-state index in [0.29, 0.717) is 0 Å². The highest BCUT2D eigenvalue weighted by Gasteiger charge is 2.14. The van der Waals surface area contributed by atoms with Crippen molar-refractivity contribution >= 4 is 5.69 Å². The van der Waals surface area contributed by atoms with Crippen molar-refractivity contribution in [3.05, 3.63) is 29.3 Å². The van der Waals surface area contributed by atoms with Crippen LogP contribution in [0.15, 0.2) is 18.2 Å². The van der Waals surface area contributed by atoms with Crippen LogP contribution in [0.1, 0.15) is 43.2 Å². The molecule has 2 nitrogen and oxygen atoms in total. The van der Waals surface area contributed by atoms with Gasteiger partial charge in [-0.1, -0.05) is 37.8 Å². The molecule has 0 heterocycles. The molecular formula is C15H20N2. The molecular weight excluding hydrogens is 208 g/mol. The predicted octanol–water partition coefficient (Wildman–Crippen LogP) is 3.86. The molecule has 0 aliphatic heterocycles. The molecule has 2 rings (SSSR count). The average Bonchev–Trinajstić information content (AvgIpc) is 2.82. The zero-order valence-electron chi connectivity index (χ0n) is 10.5. The normalized spacial score (nSPS) is 15.8. The summed E-state index contributed by atoms with van der Waals surface area (Å²) in [4.78, 5) is 0. The maximum Gasteiger partial charge on any atom is 0.102 e. The molecule has 0 aromatic heterocycles. The smallest absolute Gasteiger partial charge is 0.102 e. The highest BCUT2D eigenvalue weighted by Crippen LogP contribution is 2.27. The molecule has 1 aliphatic rings. The number of hydrogen-bond acceptors (Lipinski definition) is 2. The van der Waals surface area contributed by atoms with E-state index in [-0.39, 0.29) is 0 Å². The van der Waals surface area contributed by atoms with Crippen LogP contribution in [0.3, 0.4) is 0 Å². The molecule has 0 radical (unpaired) electrons. The van der Waals surface area contributed by atoms with Gasteiger partial charge in [-0.15, -0.1) is 0 Å². The van der Waals surface area contributed by atoms with E-state index in [9.17, 15) is 0 Å². The Balaban J connectivity index is 1.90. The van der Waals surface area contributed by atoms with Crippen molar-refractivity contribution in [2.45, 2.75) is 39.0 Å². The molecule has 0 saturated heterocycles. The van der Waals surface area contributed by atoms with E-state index < -0.39 is 0 Å². The summed E-state index contributed by atoms with van der Waals surface area (Å²) in [5.41, 5.74) is 2.84. The molecule has 1 N–H and O–H groups in total. The van der Waals surface area contributed by atoms with Gasteiger partial charge in [0, 0.05) is 6.54 Å². The van der Waals surface area contributed by atoms with Crippen LogP contribution in [0.25, 0.3) is 0 Å². The number of hydrogen-bond donors (Lipinski definition) is 1. The fraction of sp³-hybridized carbons (Fsp3) is 0.533. The fourth-order valence-electron chi connectivity index (χ4n) is 2.67. The summed E-state index contributed by atoms with van der Waals surface area (Å²) in [5.74, 6) is 0.901. The zero-order valence-corrected chi connectivity index (χ0v) is 10.5. The Labute approximate surface area is 104 Å². The molecule has 1 aromatic carbocycles. The molecule has 90 valence electrons. The second-order valence-corrected chi connectivity index (χ2v) is 4.98. The first-order chi connectivity index (χ1) is 8.31. The molecule has 0 bridgehead atoms. The number of nitrogens with one attached hydrogen (secondary N) is 1. The lowest BCUT2D eigenvalue weighted by Crippen LogP contribution is -2.08. The first-order valence-corrected chi connectivity index (χ1v) is 6.55. The number of aryl methyl sites for hydroxylation is 1. The molecule has 2 heteroatoms. The maximum absolute atomic E-state index is 9.12. The molecule has 17 heavy (non-hydrogen) atoms. The molecule has 1 saturated carbocycles. The lowest BCUT2D eigenvalue weighted by atomic mass is 10.0. The van der Waals surface area contributed by atoms with Crippen molar-refractivity contribution in [3.8, 4) is 6.07 Å². The van der Waals surface area contributed by atoms with E-state index in [1.165, 1.54) is 32.1 Å². The average molecular weight is 228 g/mol. The third-order valence-electron chi connectivity index (χ3n) is 3.73. The summed E-state index contributed by atoms with van der Waals surface area (Å²) in [7, 11) is 0. The van der Waals surface area contributed by atoms with Gasteiger partial charge in [0.2, 0.25) is 0 Å². The number of nitrogens with zero attached hydrogens (tertiary/aromatic N) is 1. The molecule has 1 aliphatic carbocycles. The number of nitriles is 1. The largest absolute Gasteiger partial charge is 0.384 e.